The Kier molecular flexibility index (Phi) is 5.53. The van der Waals surface area contributed by atoms with Crippen molar-refractivity contribution in [2.24, 2.45) is 5.92 Å². The SMILES string of the molecule is CS(=O)(=O)N1CCC(C(=O)Nc2nc(-c3ccc4c(c3)CCCC4)cs2)CC1. The van der Waals surface area contributed by atoms with Gasteiger partial charge < -0.3 is 5.32 Å². The quantitative estimate of drug-likeness (QED) is 0.825. The molecule has 1 saturated heterocycles. The predicted molar refractivity (Wildman–Crippen MR) is 112 cm³/mol. The lowest BCUT2D eigenvalue weighted by Crippen LogP contribution is -2.40. The Labute approximate surface area is 170 Å². The number of piperidine rings is 1. The summed E-state index contributed by atoms with van der Waals surface area (Å²) in [6.07, 6.45) is 7.10. The van der Waals surface area contributed by atoms with Crippen molar-refractivity contribution in [2.75, 3.05) is 24.7 Å². The minimum Gasteiger partial charge on any atom is -0.302 e. The molecule has 28 heavy (non-hydrogen) atoms. The molecule has 6 nitrogen and oxygen atoms in total. The topological polar surface area (TPSA) is 79.4 Å². The largest absolute Gasteiger partial charge is 0.302 e. The maximum absolute atomic E-state index is 12.5. The average Bonchev–Trinajstić information content (AvgIpc) is 3.15. The van der Waals surface area contributed by atoms with Crippen molar-refractivity contribution in [2.45, 2.75) is 38.5 Å². The molecular weight excluding hydrogens is 394 g/mol. The van der Waals surface area contributed by atoms with Gasteiger partial charge in [-0.3, -0.25) is 4.79 Å². The lowest BCUT2D eigenvalue weighted by molar-refractivity contribution is -0.120. The summed E-state index contributed by atoms with van der Waals surface area (Å²) in [7, 11) is -3.18. The minimum atomic E-state index is -3.18. The molecular formula is C20H25N3O3S2. The molecule has 1 aliphatic carbocycles. The Morgan fingerprint density at radius 2 is 1.89 bits per heavy atom. The fourth-order valence-electron chi connectivity index (χ4n) is 4.01. The molecule has 0 saturated carbocycles. The van der Waals surface area contributed by atoms with Gasteiger partial charge in [-0.1, -0.05) is 12.1 Å². The summed E-state index contributed by atoms with van der Waals surface area (Å²) >= 11 is 1.43. The molecule has 4 rings (SSSR count). The van der Waals surface area contributed by atoms with Crippen molar-refractivity contribution in [3.8, 4) is 11.3 Å². The van der Waals surface area contributed by atoms with E-state index in [4.69, 9.17) is 0 Å². The Morgan fingerprint density at radius 3 is 2.61 bits per heavy atom. The number of fused-ring (bicyclic) bond motifs is 1. The Morgan fingerprint density at radius 1 is 1.18 bits per heavy atom. The number of amides is 1. The third-order valence-corrected chi connectivity index (χ3v) is 7.73. The highest BCUT2D eigenvalue weighted by Gasteiger charge is 2.29. The molecule has 2 aromatic rings. The van der Waals surface area contributed by atoms with Gasteiger partial charge in [0.05, 0.1) is 11.9 Å². The van der Waals surface area contributed by atoms with Crippen LogP contribution in [0.5, 0.6) is 0 Å². The molecule has 150 valence electrons. The summed E-state index contributed by atoms with van der Waals surface area (Å²) in [6.45, 7) is 0.796. The van der Waals surface area contributed by atoms with Crippen LogP contribution in [0.3, 0.4) is 0 Å². The molecule has 0 radical (unpaired) electrons. The molecule has 1 fully saturated rings. The molecule has 0 atom stereocenters. The lowest BCUT2D eigenvalue weighted by Gasteiger charge is -2.29. The Hall–Kier alpha value is -1.77. The second-order valence-electron chi connectivity index (χ2n) is 7.65. The van der Waals surface area contributed by atoms with Gasteiger partial charge in [-0.2, -0.15) is 0 Å². The number of carbonyl (C=O) groups is 1. The fraction of sp³-hybridized carbons (Fsp3) is 0.500. The van der Waals surface area contributed by atoms with Crippen LogP contribution in [0.1, 0.15) is 36.8 Å². The van der Waals surface area contributed by atoms with Crippen molar-refractivity contribution in [3.63, 3.8) is 0 Å². The van der Waals surface area contributed by atoms with Crippen LogP contribution in [0.4, 0.5) is 5.13 Å². The maximum atomic E-state index is 12.5. The minimum absolute atomic E-state index is 0.0699. The van der Waals surface area contributed by atoms with Crippen LogP contribution in [-0.2, 0) is 27.7 Å². The number of hydrogen-bond acceptors (Lipinski definition) is 5. The van der Waals surface area contributed by atoms with E-state index in [9.17, 15) is 13.2 Å². The van der Waals surface area contributed by atoms with Gasteiger partial charge >= 0.3 is 0 Å². The predicted octanol–water partition coefficient (Wildman–Crippen LogP) is 3.30. The van der Waals surface area contributed by atoms with E-state index in [-0.39, 0.29) is 11.8 Å². The zero-order chi connectivity index (χ0) is 19.7. The van der Waals surface area contributed by atoms with E-state index in [1.807, 2.05) is 5.38 Å². The zero-order valence-corrected chi connectivity index (χ0v) is 17.6. The van der Waals surface area contributed by atoms with Crippen molar-refractivity contribution in [3.05, 3.63) is 34.7 Å². The number of rotatable bonds is 4. The number of thiazole rings is 1. The molecule has 1 aromatic carbocycles. The number of anilines is 1. The van der Waals surface area contributed by atoms with E-state index in [2.05, 4.69) is 28.5 Å². The third-order valence-electron chi connectivity index (χ3n) is 5.67. The molecule has 1 N–H and O–H groups in total. The molecule has 1 aromatic heterocycles. The van der Waals surface area contributed by atoms with Gasteiger partial charge in [0, 0.05) is 30.0 Å². The normalized spacial score (nSPS) is 18.6. The molecule has 0 spiro atoms. The third kappa shape index (κ3) is 4.29. The molecule has 0 bridgehead atoms. The molecule has 2 aliphatic rings. The van der Waals surface area contributed by atoms with E-state index in [0.29, 0.717) is 31.1 Å². The first-order valence-electron chi connectivity index (χ1n) is 9.74. The van der Waals surface area contributed by atoms with Crippen LogP contribution in [-0.4, -0.2) is 43.0 Å². The first kappa shape index (κ1) is 19.5. The van der Waals surface area contributed by atoms with Crippen LogP contribution in [0, 0.1) is 5.92 Å². The number of aromatic nitrogens is 1. The van der Waals surface area contributed by atoms with E-state index >= 15 is 0 Å². The number of benzene rings is 1. The van der Waals surface area contributed by atoms with E-state index < -0.39 is 10.0 Å². The highest BCUT2D eigenvalue weighted by Crippen LogP contribution is 2.30. The number of carbonyl (C=O) groups excluding carboxylic acids is 1. The second kappa shape index (κ2) is 7.93. The van der Waals surface area contributed by atoms with Crippen molar-refractivity contribution in [1.82, 2.24) is 9.29 Å². The smallest absolute Gasteiger partial charge is 0.229 e. The Balaban J connectivity index is 1.39. The molecule has 1 aliphatic heterocycles. The summed E-state index contributed by atoms with van der Waals surface area (Å²) in [5.74, 6) is -0.242. The molecule has 0 unspecified atom stereocenters. The van der Waals surface area contributed by atoms with Gasteiger partial charge in [0.15, 0.2) is 5.13 Å². The van der Waals surface area contributed by atoms with Crippen molar-refractivity contribution in [1.29, 1.82) is 0 Å². The summed E-state index contributed by atoms with van der Waals surface area (Å²) < 4.78 is 24.6. The monoisotopic (exact) mass is 419 g/mol. The first-order chi connectivity index (χ1) is 13.4. The van der Waals surface area contributed by atoms with E-state index in [1.54, 1.807) is 0 Å². The van der Waals surface area contributed by atoms with Crippen LogP contribution in [0.25, 0.3) is 11.3 Å². The van der Waals surface area contributed by atoms with Gasteiger partial charge in [-0.05, 0) is 55.7 Å². The summed E-state index contributed by atoms with van der Waals surface area (Å²) in [4.78, 5) is 17.1. The number of nitrogens with zero attached hydrogens (tertiary/aromatic N) is 2. The van der Waals surface area contributed by atoms with E-state index in [1.165, 1.54) is 45.9 Å². The number of nitrogens with one attached hydrogen (secondary N) is 1. The number of aryl methyl sites for hydroxylation is 2. The van der Waals surface area contributed by atoms with Gasteiger partial charge in [0.25, 0.3) is 0 Å². The van der Waals surface area contributed by atoms with Crippen molar-refractivity contribution >= 4 is 32.4 Å². The summed E-state index contributed by atoms with van der Waals surface area (Å²) in [5, 5.41) is 5.50. The van der Waals surface area contributed by atoms with Crippen LogP contribution >= 0.6 is 11.3 Å². The van der Waals surface area contributed by atoms with Gasteiger partial charge in [-0.25, -0.2) is 17.7 Å². The van der Waals surface area contributed by atoms with Crippen LogP contribution < -0.4 is 5.32 Å². The summed E-state index contributed by atoms with van der Waals surface area (Å²) in [6, 6.07) is 6.55. The van der Waals surface area contributed by atoms with Crippen molar-refractivity contribution < 1.29 is 13.2 Å². The van der Waals surface area contributed by atoms with Gasteiger partial charge in [0.1, 0.15) is 0 Å². The highest BCUT2D eigenvalue weighted by atomic mass is 32.2. The molecule has 1 amide bonds. The average molecular weight is 420 g/mol. The van der Waals surface area contributed by atoms with Gasteiger partial charge in [-0.15, -0.1) is 11.3 Å². The van der Waals surface area contributed by atoms with Crippen LogP contribution in [0.15, 0.2) is 23.6 Å². The van der Waals surface area contributed by atoms with Crippen LogP contribution in [0.2, 0.25) is 0 Å². The number of sulfonamides is 1. The van der Waals surface area contributed by atoms with E-state index in [0.717, 1.165) is 24.1 Å². The zero-order valence-electron chi connectivity index (χ0n) is 16.0. The maximum Gasteiger partial charge on any atom is 0.229 e. The molecule has 8 heteroatoms. The fourth-order valence-corrected chi connectivity index (χ4v) is 5.61. The number of hydrogen-bond donors (Lipinski definition) is 1. The highest BCUT2D eigenvalue weighted by molar-refractivity contribution is 7.88. The standard InChI is InChI=1S/C20H25N3O3S2/c1-28(25,26)23-10-8-15(9-11-23)19(24)22-20-21-18(13-27-20)17-7-6-14-4-2-3-5-16(14)12-17/h6-7,12-13,15H,2-5,8-11H2,1H3,(H,21,22,24). The molecule has 2 heterocycles. The Bertz CT molecular complexity index is 976. The summed E-state index contributed by atoms with van der Waals surface area (Å²) in [5.41, 5.74) is 4.85. The first-order valence-corrected chi connectivity index (χ1v) is 12.5. The van der Waals surface area contributed by atoms with Gasteiger partial charge in [0.2, 0.25) is 15.9 Å². The second-order valence-corrected chi connectivity index (χ2v) is 10.5. The lowest BCUT2D eigenvalue weighted by atomic mass is 9.90.